The first kappa shape index (κ1) is 20.8. The van der Waals surface area contributed by atoms with Crippen molar-refractivity contribution in [3.8, 4) is 5.75 Å². The highest BCUT2D eigenvalue weighted by Gasteiger charge is 2.44. The number of hydrogen-bond donors (Lipinski definition) is 0. The van der Waals surface area contributed by atoms with Gasteiger partial charge in [-0.1, -0.05) is 12.1 Å². The number of hydrogen-bond acceptors (Lipinski definition) is 5. The van der Waals surface area contributed by atoms with E-state index in [1.165, 1.54) is 11.1 Å². The van der Waals surface area contributed by atoms with Gasteiger partial charge in [0, 0.05) is 51.6 Å². The van der Waals surface area contributed by atoms with Crippen molar-refractivity contribution in [1.29, 1.82) is 0 Å². The van der Waals surface area contributed by atoms with Crippen LogP contribution in [0.5, 0.6) is 5.75 Å². The Morgan fingerprint density at radius 1 is 1.07 bits per heavy atom. The summed E-state index contributed by atoms with van der Waals surface area (Å²) < 4.78 is 10.9. The van der Waals surface area contributed by atoms with E-state index in [1.807, 2.05) is 41.6 Å². The molecule has 0 radical (unpaired) electrons. The van der Waals surface area contributed by atoms with E-state index in [4.69, 9.17) is 9.47 Å². The van der Waals surface area contributed by atoms with Crippen LogP contribution in [0, 0.1) is 0 Å². The molecule has 0 N–H and O–H groups in total. The number of nitrogens with zero attached hydrogens (tertiary/aromatic N) is 3. The number of aromatic nitrogens is 1. The Labute approximate surface area is 178 Å². The summed E-state index contributed by atoms with van der Waals surface area (Å²) in [5, 5.41) is 0. The molecule has 2 saturated heterocycles. The van der Waals surface area contributed by atoms with Crippen LogP contribution in [0.2, 0.25) is 0 Å². The normalized spacial score (nSPS) is 22.5. The van der Waals surface area contributed by atoms with Gasteiger partial charge in [-0.3, -0.25) is 14.7 Å². The van der Waals surface area contributed by atoms with Crippen LogP contribution in [-0.4, -0.2) is 66.7 Å². The zero-order valence-corrected chi connectivity index (χ0v) is 17.9. The number of rotatable bonds is 7. The van der Waals surface area contributed by atoms with Crippen molar-refractivity contribution in [2.75, 3.05) is 33.9 Å². The molecular weight excluding hydrogens is 378 g/mol. The van der Waals surface area contributed by atoms with Crippen LogP contribution in [-0.2, 0) is 16.0 Å². The van der Waals surface area contributed by atoms with Crippen molar-refractivity contribution in [3.63, 3.8) is 0 Å². The van der Waals surface area contributed by atoms with Crippen molar-refractivity contribution in [3.05, 3.63) is 59.9 Å². The van der Waals surface area contributed by atoms with Crippen LogP contribution >= 0.6 is 0 Å². The van der Waals surface area contributed by atoms with E-state index in [1.54, 1.807) is 14.2 Å². The summed E-state index contributed by atoms with van der Waals surface area (Å²) in [5.74, 6) is 1.10. The highest BCUT2D eigenvalue weighted by atomic mass is 16.5. The van der Waals surface area contributed by atoms with Gasteiger partial charge in [-0.2, -0.15) is 0 Å². The van der Waals surface area contributed by atoms with Crippen molar-refractivity contribution in [1.82, 2.24) is 14.8 Å². The third-order valence-electron chi connectivity index (χ3n) is 6.52. The lowest BCUT2D eigenvalue weighted by atomic mass is 9.87. The molecule has 0 bridgehead atoms. The Morgan fingerprint density at radius 2 is 1.77 bits per heavy atom. The number of carbonyl (C=O) groups excluding carboxylic acids is 1. The highest BCUT2D eigenvalue weighted by Crippen LogP contribution is 2.39. The fourth-order valence-electron chi connectivity index (χ4n) is 4.69. The van der Waals surface area contributed by atoms with Gasteiger partial charge in [-0.15, -0.1) is 0 Å². The molecule has 1 aromatic carbocycles. The SMILES string of the molecule is COc1ccc(CCC(=O)N2CCC(N3CC(OC)C3c3ccncc3)CC2)cc1. The zero-order valence-electron chi connectivity index (χ0n) is 17.9. The van der Waals surface area contributed by atoms with Crippen molar-refractivity contribution >= 4 is 5.91 Å². The summed E-state index contributed by atoms with van der Waals surface area (Å²) in [4.78, 5) is 21.4. The number of pyridine rings is 1. The number of amides is 1. The summed E-state index contributed by atoms with van der Waals surface area (Å²) >= 11 is 0. The molecule has 6 heteroatoms. The van der Waals surface area contributed by atoms with Crippen LogP contribution in [0.15, 0.2) is 48.8 Å². The minimum atomic E-state index is 0.233. The van der Waals surface area contributed by atoms with E-state index < -0.39 is 0 Å². The molecule has 0 spiro atoms. The maximum atomic E-state index is 12.7. The minimum absolute atomic E-state index is 0.233. The molecule has 2 aliphatic heterocycles. The van der Waals surface area contributed by atoms with Gasteiger partial charge in [-0.05, 0) is 54.7 Å². The molecule has 30 heavy (non-hydrogen) atoms. The van der Waals surface area contributed by atoms with Crippen LogP contribution in [0.3, 0.4) is 0 Å². The van der Waals surface area contributed by atoms with Gasteiger partial charge < -0.3 is 14.4 Å². The van der Waals surface area contributed by atoms with Crippen molar-refractivity contribution in [2.24, 2.45) is 0 Å². The van der Waals surface area contributed by atoms with Gasteiger partial charge in [0.05, 0.1) is 19.3 Å². The van der Waals surface area contributed by atoms with Crippen LogP contribution in [0.4, 0.5) is 0 Å². The smallest absolute Gasteiger partial charge is 0.222 e. The summed E-state index contributed by atoms with van der Waals surface area (Å²) in [6, 6.07) is 12.9. The average molecular weight is 410 g/mol. The van der Waals surface area contributed by atoms with E-state index in [9.17, 15) is 4.79 Å². The zero-order chi connectivity index (χ0) is 20.9. The molecule has 1 amide bonds. The second kappa shape index (κ2) is 9.58. The summed E-state index contributed by atoms with van der Waals surface area (Å²) in [6.45, 7) is 2.63. The fourth-order valence-corrected chi connectivity index (χ4v) is 4.69. The van der Waals surface area contributed by atoms with Gasteiger partial charge in [0.25, 0.3) is 0 Å². The van der Waals surface area contributed by atoms with Crippen LogP contribution < -0.4 is 4.74 Å². The van der Waals surface area contributed by atoms with Crippen LogP contribution in [0.1, 0.15) is 36.4 Å². The Balaban J connectivity index is 1.27. The first-order chi connectivity index (χ1) is 14.7. The predicted octanol–water partition coefficient (Wildman–Crippen LogP) is 3.09. The lowest BCUT2D eigenvalue weighted by Gasteiger charge is -2.53. The third kappa shape index (κ3) is 4.50. The predicted molar refractivity (Wildman–Crippen MR) is 115 cm³/mol. The van der Waals surface area contributed by atoms with Gasteiger partial charge in [0.15, 0.2) is 0 Å². The molecule has 6 nitrogen and oxygen atoms in total. The number of piperidine rings is 1. The maximum Gasteiger partial charge on any atom is 0.222 e. The Hall–Kier alpha value is -2.44. The Bertz CT molecular complexity index is 819. The molecule has 4 rings (SSSR count). The molecule has 1 aromatic heterocycles. The molecule has 3 heterocycles. The number of benzene rings is 1. The van der Waals surface area contributed by atoms with E-state index in [0.717, 1.165) is 44.6 Å². The first-order valence-electron chi connectivity index (χ1n) is 10.8. The quantitative estimate of drug-likeness (QED) is 0.703. The van der Waals surface area contributed by atoms with Gasteiger partial charge in [0.2, 0.25) is 5.91 Å². The van der Waals surface area contributed by atoms with Gasteiger partial charge in [0.1, 0.15) is 5.75 Å². The number of carbonyl (C=O) groups is 1. The van der Waals surface area contributed by atoms with Crippen LogP contribution in [0.25, 0.3) is 0 Å². The first-order valence-corrected chi connectivity index (χ1v) is 10.8. The maximum absolute atomic E-state index is 12.7. The average Bonchev–Trinajstić information content (AvgIpc) is 2.78. The van der Waals surface area contributed by atoms with E-state index in [0.29, 0.717) is 18.5 Å². The topological polar surface area (TPSA) is 54.9 Å². The van der Waals surface area contributed by atoms with Gasteiger partial charge in [-0.25, -0.2) is 0 Å². The molecular formula is C24H31N3O3. The largest absolute Gasteiger partial charge is 0.497 e. The standard InChI is InChI=1S/C24H31N3O3/c1-29-21-6-3-18(4-7-21)5-8-23(28)26-15-11-20(12-16-26)27-17-22(30-2)24(27)19-9-13-25-14-10-19/h3-4,6-7,9-10,13-14,20,22,24H,5,8,11-12,15-17H2,1-2H3. The number of methoxy groups -OCH3 is 2. The monoisotopic (exact) mass is 409 g/mol. The summed E-state index contributed by atoms with van der Waals surface area (Å²) in [5.41, 5.74) is 2.44. The number of likely N-dealkylation sites (tertiary alicyclic amines) is 2. The van der Waals surface area contributed by atoms with E-state index >= 15 is 0 Å². The molecule has 2 unspecified atom stereocenters. The van der Waals surface area contributed by atoms with E-state index in [2.05, 4.69) is 22.0 Å². The number of ether oxygens (including phenoxy) is 2. The lowest BCUT2D eigenvalue weighted by molar-refractivity contribution is -0.137. The molecule has 2 fully saturated rings. The van der Waals surface area contributed by atoms with Crippen molar-refractivity contribution in [2.45, 2.75) is 43.9 Å². The molecule has 160 valence electrons. The second-order valence-corrected chi connectivity index (χ2v) is 8.16. The Kier molecular flexibility index (Phi) is 6.65. The molecule has 0 aliphatic carbocycles. The highest BCUT2D eigenvalue weighted by molar-refractivity contribution is 5.76. The third-order valence-corrected chi connectivity index (χ3v) is 6.52. The Morgan fingerprint density at radius 3 is 2.40 bits per heavy atom. The van der Waals surface area contributed by atoms with E-state index in [-0.39, 0.29) is 12.0 Å². The van der Waals surface area contributed by atoms with Gasteiger partial charge >= 0.3 is 0 Å². The molecule has 2 aliphatic rings. The molecule has 2 aromatic rings. The molecule has 2 atom stereocenters. The fraction of sp³-hybridized carbons (Fsp3) is 0.500. The second-order valence-electron chi connectivity index (χ2n) is 8.16. The lowest BCUT2D eigenvalue weighted by Crippen LogP contribution is -2.60. The van der Waals surface area contributed by atoms with Crippen molar-refractivity contribution < 1.29 is 14.3 Å². The summed E-state index contributed by atoms with van der Waals surface area (Å²) in [6.07, 6.45) is 7.31. The summed E-state index contributed by atoms with van der Waals surface area (Å²) in [7, 11) is 3.46. The minimum Gasteiger partial charge on any atom is -0.497 e. The number of aryl methyl sites for hydroxylation is 1. The molecule has 0 saturated carbocycles.